The number of rotatable bonds is 1. The summed E-state index contributed by atoms with van der Waals surface area (Å²) in [5, 5.41) is 3.74. The van der Waals surface area contributed by atoms with E-state index in [1.807, 2.05) is 18.2 Å². The number of benzene rings is 1. The number of methoxy groups -OCH3 is 1. The monoisotopic (exact) mass is 216 g/mol. The summed E-state index contributed by atoms with van der Waals surface area (Å²) in [4.78, 5) is 15.1. The van der Waals surface area contributed by atoms with Gasteiger partial charge in [-0.1, -0.05) is 6.07 Å². The van der Waals surface area contributed by atoms with Crippen LogP contribution in [0.25, 0.3) is 10.9 Å². The van der Waals surface area contributed by atoms with Crippen molar-refractivity contribution in [2.75, 3.05) is 13.7 Å². The number of fused-ring (bicyclic) bond motifs is 3. The van der Waals surface area contributed by atoms with E-state index in [9.17, 15) is 4.79 Å². The third-order valence-corrected chi connectivity index (χ3v) is 2.97. The zero-order valence-corrected chi connectivity index (χ0v) is 8.96. The van der Waals surface area contributed by atoms with Gasteiger partial charge in [0.15, 0.2) is 0 Å². The van der Waals surface area contributed by atoms with E-state index in [0.29, 0.717) is 6.54 Å². The fourth-order valence-corrected chi connectivity index (χ4v) is 2.27. The van der Waals surface area contributed by atoms with Crippen molar-refractivity contribution < 1.29 is 9.53 Å². The molecular weight excluding hydrogens is 204 g/mol. The predicted octanol–water partition coefficient (Wildman–Crippen LogP) is 1.46. The van der Waals surface area contributed by atoms with Crippen LogP contribution >= 0.6 is 0 Å². The van der Waals surface area contributed by atoms with Crippen LogP contribution in [0.3, 0.4) is 0 Å². The Morgan fingerprint density at radius 1 is 1.38 bits per heavy atom. The van der Waals surface area contributed by atoms with Crippen LogP contribution in [-0.4, -0.2) is 24.5 Å². The number of nitrogens with one attached hydrogen (secondary N) is 2. The molecule has 2 N–H and O–H groups in total. The molecule has 1 aromatic carbocycles. The number of H-pyrrole nitrogens is 1. The number of aromatic nitrogens is 1. The number of hydrogen-bond acceptors (Lipinski definition) is 2. The molecule has 0 radical (unpaired) electrons. The largest absolute Gasteiger partial charge is 0.496 e. The number of aromatic amines is 1. The molecule has 2 heterocycles. The highest BCUT2D eigenvalue weighted by Gasteiger charge is 2.23. The predicted molar refractivity (Wildman–Crippen MR) is 60.9 cm³/mol. The minimum absolute atomic E-state index is 0.0167. The second kappa shape index (κ2) is 3.27. The normalized spacial score (nSPS) is 14.7. The number of ether oxygens (including phenoxy) is 1. The molecule has 0 fully saturated rings. The number of amides is 1. The first kappa shape index (κ1) is 9.27. The van der Waals surface area contributed by atoms with E-state index in [1.165, 1.54) is 0 Å². The van der Waals surface area contributed by atoms with Crippen molar-refractivity contribution >= 4 is 16.8 Å². The zero-order chi connectivity index (χ0) is 11.1. The molecule has 2 aromatic rings. The number of carbonyl (C=O) groups excluding carboxylic acids is 1. The molecule has 4 heteroatoms. The van der Waals surface area contributed by atoms with Gasteiger partial charge in [0.2, 0.25) is 0 Å². The lowest BCUT2D eigenvalue weighted by molar-refractivity contribution is 0.0947. The molecule has 0 bridgehead atoms. The van der Waals surface area contributed by atoms with Crippen molar-refractivity contribution in [3.8, 4) is 5.75 Å². The second-order valence-electron chi connectivity index (χ2n) is 3.87. The van der Waals surface area contributed by atoms with E-state index in [1.54, 1.807) is 7.11 Å². The van der Waals surface area contributed by atoms with Crippen LogP contribution in [-0.2, 0) is 6.42 Å². The van der Waals surface area contributed by atoms with Gasteiger partial charge < -0.3 is 15.0 Å². The van der Waals surface area contributed by atoms with Crippen LogP contribution < -0.4 is 10.1 Å². The minimum atomic E-state index is -0.0167. The summed E-state index contributed by atoms with van der Waals surface area (Å²) in [6, 6.07) is 5.75. The van der Waals surface area contributed by atoms with Gasteiger partial charge in [0.05, 0.1) is 23.6 Å². The van der Waals surface area contributed by atoms with Gasteiger partial charge in [-0.05, 0) is 12.1 Å². The molecule has 1 aliphatic heterocycles. The molecule has 0 saturated carbocycles. The molecule has 0 saturated heterocycles. The molecule has 3 rings (SSSR count). The van der Waals surface area contributed by atoms with Crippen molar-refractivity contribution in [2.24, 2.45) is 0 Å². The minimum Gasteiger partial charge on any atom is -0.496 e. The molecule has 16 heavy (non-hydrogen) atoms. The molecule has 1 aliphatic rings. The molecule has 4 nitrogen and oxygen atoms in total. The first-order chi connectivity index (χ1) is 7.81. The molecule has 0 spiro atoms. The average molecular weight is 216 g/mol. The summed E-state index contributed by atoms with van der Waals surface area (Å²) >= 11 is 0. The van der Waals surface area contributed by atoms with Gasteiger partial charge in [-0.25, -0.2) is 0 Å². The summed E-state index contributed by atoms with van der Waals surface area (Å²) in [7, 11) is 1.62. The van der Waals surface area contributed by atoms with E-state index in [4.69, 9.17) is 4.74 Å². The Kier molecular flexibility index (Phi) is 1.89. The van der Waals surface area contributed by atoms with Crippen molar-refractivity contribution in [1.29, 1.82) is 0 Å². The first-order valence-corrected chi connectivity index (χ1v) is 5.27. The smallest absolute Gasteiger partial charge is 0.253 e. The zero-order valence-electron chi connectivity index (χ0n) is 8.96. The Balaban J connectivity index is 2.39. The van der Waals surface area contributed by atoms with Crippen molar-refractivity contribution in [3.05, 3.63) is 29.5 Å². The lowest BCUT2D eigenvalue weighted by Gasteiger charge is -2.12. The topological polar surface area (TPSA) is 54.1 Å². The van der Waals surface area contributed by atoms with Crippen molar-refractivity contribution in [1.82, 2.24) is 10.3 Å². The molecular formula is C12H12N2O2. The van der Waals surface area contributed by atoms with Gasteiger partial charge in [0.1, 0.15) is 5.75 Å². The van der Waals surface area contributed by atoms with Gasteiger partial charge in [0, 0.05) is 18.7 Å². The Morgan fingerprint density at radius 2 is 2.25 bits per heavy atom. The van der Waals surface area contributed by atoms with Crippen LogP contribution in [0.2, 0.25) is 0 Å². The van der Waals surface area contributed by atoms with E-state index in [-0.39, 0.29) is 5.91 Å². The SMILES string of the molecule is COc1cccc2[nH]c3c(c12)C(=O)NCC3. The molecule has 82 valence electrons. The number of hydrogen-bond donors (Lipinski definition) is 2. The van der Waals surface area contributed by atoms with Gasteiger partial charge in [-0.3, -0.25) is 4.79 Å². The molecule has 0 aliphatic carbocycles. The standard InChI is InChI=1S/C12H12N2O2/c1-16-9-4-2-3-7-10(9)11-8(14-7)5-6-13-12(11)15/h2-4,14H,5-6H2,1H3,(H,13,15). The van der Waals surface area contributed by atoms with Gasteiger partial charge in [-0.15, -0.1) is 0 Å². The summed E-state index contributed by atoms with van der Waals surface area (Å²) in [6.45, 7) is 0.695. The first-order valence-electron chi connectivity index (χ1n) is 5.27. The highest BCUT2D eigenvalue weighted by Crippen LogP contribution is 2.32. The van der Waals surface area contributed by atoms with E-state index in [0.717, 1.165) is 34.3 Å². The molecule has 1 aromatic heterocycles. The Hall–Kier alpha value is -1.97. The fourth-order valence-electron chi connectivity index (χ4n) is 2.27. The van der Waals surface area contributed by atoms with E-state index >= 15 is 0 Å². The average Bonchev–Trinajstić information content (AvgIpc) is 2.68. The Bertz CT molecular complexity index is 572. The second-order valence-corrected chi connectivity index (χ2v) is 3.87. The fraction of sp³-hybridized carbons (Fsp3) is 0.250. The Morgan fingerprint density at radius 3 is 3.06 bits per heavy atom. The van der Waals surface area contributed by atoms with Crippen molar-refractivity contribution in [3.63, 3.8) is 0 Å². The van der Waals surface area contributed by atoms with Crippen molar-refractivity contribution in [2.45, 2.75) is 6.42 Å². The van der Waals surface area contributed by atoms with Gasteiger partial charge >= 0.3 is 0 Å². The van der Waals surface area contributed by atoms with Gasteiger partial charge in [0.25, 0.3) is 5.91 Å². The summed E-state index contributed by atoms with van der Waals surface area (Å²) < 4.78 is 5.30. The summed E-state index contributed by atoms with van der Waals surface area (Å²) in [6.07, 6.45) is 0.846. The maximum Gasteiger partial charge on any atom is 0.253 e. The lowest BCUT2D eigenvalue weighted by atomic mass is 10.0. The van der Waals surface area contributed by atoms with Crippen LogP contribution in [0, 0.1) is 0 Å². The summed E-state index contributed by atoms with van der Waals surface area (Å²) in [5.74, 6) is 0.726. The third kappa shape index (κ3) is 1.13. The van der Waals surface area contributed by atoms with Crippen LogP contribution in [0.1, 0.15) is 16.1 Å². The maximum atomic E-state index is 11.8. The van der Waals surface area contributed by atoms with E-state index in [2.05, 4.69) is 10.3 Å². The molecule has 0 unspecified atom stereocenters. The van der Waals surface area contributed by atoms with E-state index < -0.39 is 0 Å². The lowest BCUT2D eigenvalue weighted by Crippen LogP contribution is -2.31. The van der Waals surface area contributed by atoms with Crippen LogP contribution in [0.4, 0.5) is 0 Å². The maximum absolute atomic E-state index is 11.8. The Labute approximate surface area is 92.6 Å². The third-order valence-electron chi connectivity index (χ3n) is 2.97. The molecule has 0 atom stereocenters. The molecule has 1 amide bonds. The van der Waals surface area contributed by atoms with Crippen LogP contribution in [0.15, 0.2) is 18.2 Å². The number of carbonyl (C=O) groups is 1. The summed E-state index contributed by atoms with van der Waals surface area (Å²) in [5.41, 5.74) is 2.70. The highest BCUT2D eigenvalue weighted by molar-refractivity contribution is 6.11. The van der Waals surface area contributed by atoms with Gasteiger partial charge in [-0.2, -0.15) is 0 Å². The highest BCUT2D eigenvalue weighted by atomic mass is 16.5. The van der Waals surface area contributed by atoms with Crippen LogP contribution in [0.5, 0.6) is 5.75 Å². The quantitative estimate of drug-likeness (QED) is 0.758.